The Morgan fingerprint density at radius 1 is 1.28 bits per heavy atom. The van der Waals surface area contributed by atoms with Crippen LogP contribution in [0.1, 0.15) is 18.4 Å². The third-order valence-electron chi connectivity index (χ3n) is 4.11. The summed E-state index contributed by atoms with van der Waals surface area (Å²) in [6.45, 7) is 0.692. The van der Waals surface area contributed by atoms with Crippen molar-refractivity contribution in [2.45, 2.75) is 19.3 Å². The molecule has 0 unspecified atom stereocenters. The van der Waals surface area contributed by atoms with Crippen molar-refractivity contribution in [2.24, 2.45) is 0 Å². The van der Waals surface area contributed by atoms with Gasteiger partial charge in [-0.05, 0) is 42.3 Å². The Bertz CT molecular complexity index is 807. The maximum atomic E-state index is 12.3. The van der Waals surface area contributed by atoms with Crippen molar-refractivity contribution < 1.29 is 14.3 Å². The van der Waals surface area contributed by atoms with Crippen LogP contribution in [0.15, 0.2) is 42.5 Å². The first-order valence-corrected chi connectivity index (χ1v) is 8.47. The van der Waals surface area contributed by atoms with Crippen LogP contribution in [0.5, 0.6) is 5.75 Å². The van der Waals surface area contributed by atoms with Gasteiger partial charge in [-0.15, -0.1) is 0 Å². The third kappa shape index (κ3) is 4.12. The monoisotopic (exact) mass is 358 g/mol. The molecule has 130 valence electrons. The molecule has 1 heterocycles. The van der Waals surface area contributed by atoms with Crippen LogP contribution >= 0.6 is 11.6 Å². The van der Waals surface area contributed by atoms with Crippen molar-refractivity contribution >= 4 is 34.8 Å². The molecule has 0 radical (unpaired) electrons. The number of carbonyl (C=O) groups is 2. The number of hydrogen-bond donors (Lipinski definition) is 1. The van der Waals surface area contributed by atoms with Gasteiger partial charge in [0, 0.05) is 18.7 Å². The van der Waals surface area contributed by atoms with Gasteiger partial charge < -0.3 is 15.0 Å². The van der Waals surface area contributed by atoms with E-state index < -0.39 is 0 Å². The summed E-state index contributed by atoms with van der Waals surface area (Å²) in [5.74, 6) is 0.619. The molecule has 0 atom stereocenters. The summed E-state index contributed by atoms with van der Waals surface area (Å²) in [5, 5.41) is 3.26. The van der Waals surface area contributed by atoms with E-state index in [0.29, 0.717) is 29.4 Å². The Balaban J connectivity index is 1.73. The van der Waals surface area contributed by atoms with Gasteiger partial charge in [0.1, 0.15) is 5.75 Å². The van der Waals surface area contributed by atoms with Crippen LogP contribution in [0.2, 0.25) is 5.02 Å². The summed E-state index contributed by atoms with van der Waals surface area (Å²) in [6, 6.07) is 12.6. The summed E-state index contributed by atoms with van der Waals surface area (Å²) >= 11 is 6.20. The van der Waals surface area contributed by atoms with Crippen LogP contribution in [-0.4, -0.2) is 25.5 Å². The number of anilines is 2. The second-order valence-corrected chi connectivity index (χ2v) is 6.30. The van der Waals surface area contributed by atoms with Crippen molar-refractivity contribution in [3.63, 3.8) is 0 Å². The molecule has 2 amide bonds. The molecule has 6 heteroatoms. The zero-order valence-corrected chi connectivity index (χ0v) is 14.7. The lowest BCUT2D eigenvalue weighted by atomic mass is 10.1. The highest BCUT2D eigenvalue weighted by Crippen LogP contribution is 2.30. The summed E-state index contributed by atoms with van der Waals surface area (Å²) < 4.78 is 5.17. The van der Waals surface area contributed by atoms with Crippen LogP contribution in [0, 0.1) is 0 Å². The van der Waals surface area contributed by atoms with Gasteiger partial charge in [0.05, 0.1) is 24.2 Å². The highest BCUT2D eigenvalue weighted by atomic mass is 35.5. The summed E-state index contributed by atoms with van der Waals surface area (Å²) in [7, 11) is 1.59. The molecule has 1 saturated heterocycles. The number of methoxy groups -OCH3 is 1. The normalized spacial score (nSPS) is 13.8. The first-order chi connectivity index (χ1) is 12.1. The maximum absolute atomic E-state index is 12.3. The molecular formula is C19H19ClN2O3. The van der Waals surface area contributed by atoms with Gasteiger partial charge in [0.2, 0.25) is 11.8 Å². The van der Waals surface area contributed by atoms with Crippen LogP contribution in [0.25, 0.3) is 0 Å². The molecule has 1 aliphatic rings. The fourth-order valence-corrected chi connectivity index (χ4v) is 3.03. The zero-order chi connectivity index (χ0) is 17.8. The van der Waals surface area contributed by atoms with Gasteiger partial charge in [-0.25, -0.2) is 0 Å². The molecule has 1 fully saturated rings. The number of ether oxygens (including phenoxy) is 1. The van der Waals surface area contributed by atoms with E-state index in [1.807, 2.05) is 24.3 Å². The molecule has 0 spiro atoms. The number of rotatable bonds is 5. The minimum absolute atomic E-state index is 0.0935. The summed E-state index contributed by atoms with van der Waals surface area (Å²) in [6.07, 6.45) is 1.61. The summed E-state index contributed by atoms with van der Waals surface area (Å²) in [5.41, 5.74) is 2.11. The molecule has 5 nitrogen and oxygen atoms in total. The van der Waals surface area contributed by atoms with Crippen molar-refractivity contribution in [3.8, 4) is 5.75 Å². The molecule has 1 N–H and O–H groups in total. The average Bonchev–Trinajstić information content (AvgIpc) is 3.03. The number of nitrogens with one attached hydrogen (secondary N) is 1. The molecule has 1 aliphatic heterocycles. The minimum Gasteiger partial charge on any atom is -0.497 e. The van der Waals surface area contributed by atoms with Crippen LogP contribution < -0.4 is 15.0 Å². The molecule has 0 bridgehead atoms. The second kappa shape index (κ2) is 7.57. The zero-order valence-electron chi connectivity index (χ0n) is 13.9. The fourth-order valence-electron chi connectivity index (χ4n) is 2.86. The predicted molar refractivity (Wildman–Crippen MR) is 98.4 cm³/mol. The highest BCUT2D eigenvalue weighted by molar-refractivity contribution is 6.33. The van der Waals surface area contributed by atoms with Gasteiger partial charge >= 0.3 is 0 Å². The molecular weight excluding hydrogens is 340 g/mol. The van der Waals surface area contributed by atoms with Gasteiger partial charge in [0.15, 0.2) is 0 Å². The lowest BCUT2D eigenvalue weighted by molar-refractivity contribution is -0.117. The molecule has 2 aromatic rings. The highest BCUT2D eigenvalue weighted by Gasteiger charge is 2.22. The smallest absolute Gasteiger partial charge is 0.228 e. The summed E-state index contributed by atoms with van der Waals surface area (Å²) in [4.78, 5) is 25.9. The van der Waals surface area contributed by atoms with E-state index in [0.717, 1.165) is 17.7 Å². The number of hydrogen-bond acceptors (Lipinski definition) is 3. The minimum atomic E-state index is -0.181. The van der Waals surface area contributed by atoms with Crippen molar-refractivity contribution in [1.82, 2.24) is 0 Å². The van der Waals surface area contributed by atoms with Gasteiger partial charge in [-0.1, -0.05) is 23.7 Å². The number of halogens is 1. The quantitative estimate of drug-likeness (QED) is 0.887. The Kier molecular flexibility index (Phi) is 5.24. The largest absolute Gasteiger partial charge is 0.497 e. The van der Waals surface area contributed by atoms with Crippen molar-refractivity contribution in [2.75, 3.05) is 23.9 Å². The topological polar surface area (TPSA) is 58.6 Å². The lowest BCUT2D eigenvalue weighted by Gasteiger charge is -2.17. The van der Waals surface area contributed by atoms with Crippen LogP contribution in [0.4, 0.5) is 11.4 Å². The molecule has 0 aromatic heterocycles. The molecule has 0 aliphatic carbocycles. The average molecular weight is 359 g/mol. The predicted octanol–water partition coefficient (Wildman–Crippen LogP) is 3.66. The number of nitrogens with zero attached hydrogens (tertiary/aromatic N) is 1. The lowest BCUT2D eigenvalue weighted by Crippen LogP contribution is -2.24. The fraction of sp³-hybridized carbons (Fsp3) is 0.263. The van der Waals surface area contributed by atoms with E-state index in [1.54, 1.807) is 30.2 Å². The molecule has 2 aromatic carbocycles. The van der Waals surface area contributed by atoms with E-state index in [4.69, 9.17) is 16.3 Å². The van der Waals surface area contributed by atoms with E-state index >= 15 is 0 Å². The van der Waals surface area contributed by atoms with E-state index in [9.17, 15) is 9.59 Å². The van der Waals surface area contributed by atoms with E-state index in [2.05, 4.69) is 5.32 Å². The molecule has 3 rings (SSSR count). The number of benzene rings is 2. The van der Waals surface area contributed by atoms with E-state index in [-0.39, 0.29) is 18.2 Å². The Labute approximate surface area is 151 Å². The Hall–Kier alpha value is -2.53. The molecule has 25 heavy (non-hydrogen) atoms. The first-order valence-electron chi connectivity index (χ1n) is 8.09. The van der Waals surface area contributed by atoms with Gasteiger partial charge in [0.25, 0.3) is 0 Å². The number of amides is 2. The maximum Gasteiger partial charge on any atom is 0.228 e. The van der Waals surface area contributed by atoms with Gasteiger partial charge in [-0.3, -0.25) is 9.59 Å². The van der Waals surface area contributed by atoms with Crippen molar-refractivity contribution in [3.05, 3.63) is 53.1 Å². The Morgan fingerprint density at radius 3 is 2.84 bits per heavy atom. The standard InChI is InChI=1S/C19H19ClN2O3/c1-25-15-5-2-4-13(10-15)11-18(23)21-17-12-14(7-8-16(17)20)22-9-3-6-19(22)24/h2,4-5,7-8,10,12H,3,6,9,11H2,1H3,(H,21,23). The van der Waals surface area contributed by atoms with Crippen LogP contribution in [-0.2, 0) is 16.0 Å². The Morgan fingerprint density at radius 2 is 2.12 bits per heavy atom. The van der Waals surface area contributed by atoms with Crippen molar-refractivity contribution in [1.29, 1.82) is 0 Å². The van der Waals surface area contributed by atoms with E-state index in [1.165, 1.54) is 0 Å². The second-order valence-electron chi connectivity index (χ2n) is 5.89. The third-order valence-corrected chi connectivity index (χ3v) is 4.44. The number of carbonyl (C=O) groups excluding carboxylic acids is 2. The van der Waals surface area contributed by atoms with Crippen LogP contribution in [0.3, 0.4) is 0 Å². The molecule has 0 saturated carbocycles. The SMILES string of the molecule is COc1cccc(CC(=O)Nc2cc(N3CCCC3=O)ccc2Cl)c1. The van der Waals surface area contributed by atoms with Gasteiger partial charge in [-0.2, -0.15) is 0 Å². The first kappa shape index (κ1) is 17.3.